The number of rotatable bonds is 3. The molecule has 3 rings (SSSR count). The maximum absolute atomic E-state index is 13.3. The van der Waals surface area contributed by atoms with Crippen LogP contribution in [0.4, 0.5) is 18.9 Å². The van der Waals surface area contributed by atoms with Gasteiger partial charge in [-0.2, -0.15) is 13.2 Å². The number of benzene rings is 2. The highest BCUT2D eigenvalue weighted by Gasteiger charge is 2.32. The van der Waals surface area contributed by atoms with Crippen molar-refractivity contribution in [3.63, 3.8) is 0 Å². The number of aliphatic hydroxyl groups excluding tert-OH is 1. The van der Waals surface area contributed by atoms with Crippen molar-refractivity contribution < 1.29 is 31.9 Å². The van der Waals surface area contributed by atoms with Gasteiger partial charge in [-0.3, -0.25) is 9.36 Å². The van der Waals surface area contributed by atoms with Gasteiger partial charge in [0.2, 0.25) is 0 Å². The smallest absolute Gasteiger partial charge is 0.416 e. The molecule has 9 heteroatoms. The van der Waals surface area contributed by atoms with Gasteiger partial charge in [-0.1, -0.05) is 18.2 Å². The second-order valence-corrected chi connectivity index (χ2v) is 6.32. The molecule has 0 bridgehead atoms. The molecule has 1 atom stereocenters. The van der Waals surface area contributed by atoms with Gasteiger partial charge >= 0.3 is 12.1 Å². The number of hydrogen-bond acceptors (Lipinski definition) is 5. The molecule has 3 N–H and O–H groups in total. The Bertz CT molecular complexity index is 1250. The topological polar surface area (TPSA) is 94.6 Å². The first-order chi connectivity index (χ1) is 14.7. The zero-order valence-corrected chi connectivity index (χ0v) is 14.9. The van der Waals surface area contributed by atoms with Gasteiger partial charge < -0.3 is 15.6 Å². The number of carbonyl (C=O) groups excluding carboxylic acids is 1. The number of aromatic nitrogens is 1. The third kappa shape index (κ3) is 3.56. The number of nitrogens with two attached hydrogens (primary N) is 1. The van der Waals surface area contributed by atoms with Gasteiger partial charge in [0.05, 0.1) is 34.0 Å². The Morgan fingerprint density at radius 3 is 2.45 bits per heavy atom. The molecule has 0 saturated heterocycles. The molecular weight excluding hydrogens is 389 g/mol. The van der Waals surface area contributed by atoms with E-state index in [1.54, 1.807) is 0 Å². The van der Waals surface area contributed by atoms with Crippen molar-refractivity contribution in [2.24, 2.45) is 0 Å². The van der Waals surface area contributed by atoms with Crippen LogP contribution in [0.25, 0.3) is 16.6 Å². The number of aliphatic hydroxyl groups is 1. The molecule has 0 aliphatic rings. The summed E-state index contributed by atoms with van der Waals surface area (Å²) in [6.45, 7) is 1.50. The van der Waals surface area contributed by atoms with Crippen LogP contribution in [0.1, 0.15) is 38.6 Å². The Morgan fingerprint density at radius 1 is 1.24 bits per heavy atom. The Hall–Kier alpha value is -3.33. The number of anilines is 1. The lowest BCUT2D eigenvalue weighted by Gasteiger charge is -2.17. The number of fused-ring (bicyclic) bond motifs is 1. The molecule has 1 heterocycles. The first-order valence-corrected chi connectivity index (χ1v) is 8.28. The second-order valence-electron chi connectivity index (χ2n) is 6.32. The summed E-state index contributed by atoms with van der Waals surface area (Å²) in [7, 11) is -3.17. The lowest BCUT2D eigenvalue weighted by molar-refractivity contribution is -0.137. The molecular formula is C20H17F3N2O4. The van der Waals surface area contributed by atoms with Crippen LogP contribution in [0.5, 0.6) is 0 Å². The highest BCUT2D eigenvalue weighted by molar-refractivity contribution is 6.04. The van der Waals surface area contributed by atoms with Crippen molar-refractivity contribution in [1.29, 1.82) is 0 Å². The van der Waals surface area contributed by atoms with Crippen molar-refractivity contribution in [2.45, 2.75) is 19.2 Å². The Balaban J connectivity index is 2.39. The normalized spacial score (nSPS) is 14.7. The van der Waals surface area contributed by atoms with Gasteiger partial charge in [0.25, 0.3) is 5.56 Å². The van der Waals surface area contributed by atoms with Crippen LogP contribution in [-0.4, -0.2) is 22.7 Å². The van der Waals surface area contributed by atoms with E-state index in [2.05, 4.69) is 4.74 Å². The van der Waals surface area contributed by atoms with E-state index in [0.717, 1.165) is 16.7 Å². The summed E-state index contributed by atoms with van der Waals surface area (Å²) in [4.78, 5) is 25.6. The van der Waals surface area contributed by atoms with Crippen molar-refractivity contribution in [3.8, 4) is 5.69 Å². The molecule has 6 nitrogen and oxygen atoms in total. The van der Waals surface area contributed by atoms with E-state index in [-0.39, 0.29) is 16.6 Å². The number of halogens is 3. The number of carbonyl (C=O) groups is 1. The molecule has 0 fully saturated rings. The van der Waals surface area contributed by atoms with Crippen LogP contribution in [0.15, 0.2) is 47.3 Å². The SMILES string of the molecule is [2H]C([2H])([2H])OC(=O)c1c(N)c2ccc(C(F)(F)F)cc2n(-c2ccc([C@@H](C)O)cc2)c1=O. The van der Waals surface area contributed by atoms with Crippen molar-refractivity contribution >= 4 is 22.6 Å². The third-order valence-corrected chi connectivity index (χ3v) is 4.47. The number of alkyl halides is 3. The van der Waals surface area contributed by atoms with Crippen LogP contribution < -0.4 is 11.3 Å². The molecule has 0 saturated carbocycles. The van der Waals surface area contributed by atoms with Crippen LogP contribution >= 0.6 is 0 Å². The largest absolute Gasteiger partial charge is 0.465 e. The molecule has 3 aromatic rings. The lowest BCUT2D eigenvalue weighted by Crippen LogP contribution is -2.28. The maximum atomic E-state index is 13.3. The van der Waals surface area contributed by atoms with Crippen LogP contribution in [0.2, 0.25) is 0 Å². The van der Waals surface area contributed by atoms with Gasteiger partial charge in [-0.05, 0) is 36.8 Å². The highest BCUT2D eigenvalue weighted by Crippen LogP contribution is 2.34. The molecule has 0 spiro atoms. The summed E-state index contributed by atoms with van der Waals surface area (Å²) < 4.78 is 66.3. The number of pyridine rings is 1. The standard InChI is InChI=1S/C20H17F3N2O4/c1-10(26)11-3-6-13(7-4-11)25-15-9-12(20(21,22)23)5-8-14(15)17(24)16(18(25)27)19(28)29-2/h3-10,26H,24H2,1-2H3/t10-/m1/s1/i2D3. The van der Waals surface area contributed by atoms with Gasteiger partial charge in [0.15, 0.2) is 0 Å². The zero-order chi connectivity index (χ0) is 24.0. The molecule has 0 aliphatic heterocycles. The average molecular weight is 409 g/mol. The first-order valence-electron chi connectivity index (χ1n) is 9.78. The third-order valence-electron chi connectivity index (χ3n) is 4.47. The van der Waals surface area contributed by atoms with Crippen molar-refractivity contribution in [3.05, 3.63) is 69.5 Å². The fraction of sp³-hybridized carbons (Fsp3) is 0.200. The van der Waals surface area contributed by atoms with E-state index < -0.39 is 47.7 Å². The predicted octanol–water partition coefficient (Wildman–Crippen LogP) is 3.43. The molecule has 0 amide bonds. The average Bonchev–Trinajstić information content (AvgIpc) is 2.66. The number of esters is 1. The van der Waals surface area contributed by atoms with Gasteiger partial charge in [0, 0.05) is 11.1 Å². The van der Waals surface area contributed by atoms with E-state index in [4.69, 9.17) is 9.85 Å². The minimum Gasteiger partial charge on any atom is -0.465 e. The van der Waals surface area contributed by atoms with Crippen LogP contribution in [0, 0.1) is 0 Å². The van der Waals surface area contributed by atoms with Gasteiger partial charge in [-0.15, -0.1) is 0 Å². The summed E-state index contributed by atoms with van der Waals surface area (Å²) in [5, 5.41) is 9.59. The van der Waals surface area contributed by atoms with E-state index in [1.807, 2.05) is 0 Å². The highest BCUT2D eigenvalue weighted by atomic mass is 19.4. The summed E-state index contributed by atoms with van der Waals surface area (Å²) in [5.74, 6) is -1.54. The predicted molar refractivity (Wildman–Crippen MR) is 101 cm³/mol. The Morgan fingerprint density at radius 2 is 1.90 bits per heavy atom. The molecule has 152 valence electrons. The van der Waals surface area contributed by atoms with Crippen molar-refractivity contribution in [2.75, 3.05) is 12.8 Å². The molecule has 0 unspecified atom stereocenters. The summed E-state index contributed by atoms with van der Waals surface area (Å²) >= 11 is 0. The summed E-state index contributed by atoms with van der Waals surface area (Å²) in [5.41, 5.74) is 2.63. The molecule has 1 aromatic heterocycles. The van der Waals surface area contributed by atoms with E-state index in [1.165, 1.54) is 31.2 Å². The number of ether oxygens (including phenoxy) is 1. The fourth-order valence-corrected chi connectivity index (χ4v) is 3.00. The zero-order valence-electron chi connectivity index (χ0n) is 17.9. The fourth-order valence-electron chi connectivity index (χ4n) is 3.00. The van der Waals surface area contributed by atoms with Crippen LogP contribution in [0.3, 0.4) is 0 Å². The lowest BCUT2D eigenvalue weighted by atomic mass is 10.0. The molecule has 29 heavy (non-hydrogen) atoms. The first kappa shape index (κ1) is 16.6. The minimum absolute atomic E-state index is 0.0617. The van der Waals surface area contributed by atoms with Gasteiger partial charge in [0.1, 0.15) is 5.56 Å². The minimum atomic E-state index is -4.72. The summed E-state index contributed by atoms with van der Waals surface area (Å²) in [6, 6.07) is 8.03. The number of hydrogen-bond donors (Lipinski definition) is 2. The van der Waals surface area contributed by atoms with E-state index in [9.17, 15) is 27.9 Å². The molecule has 0 radical (unpaired) electrons. The number of methoxy groups -OCH3 is 1. The Kier molecular flexibility index (Phi) is 4.15. The maximum Gasteiger partial charge on any atom is 0.416 e. The summed E-state index contributed by atoms with van der Waals surface area (Å²) in [6.07, 6.45) is -5.57. The second kappa shape index (κ2) is 7.25. The number of nitrogen functional groups attached to an aromatic ring is 1. The van der Waals surface area contributed by atoms with Gasteiger partial charge in [-0.25, -0.2) is 4.79 Å². The number of nitrogens with zero attached hydrogens (tertiary/aromatic N) is 1. The van der Waals surface area contributed by atoms with E-state index >= 15 is 0 Å². The van der Waals surface area contributed by atoms with Crippen LogP contribution in [-0.2, 0) is 10.9 Å². The molecule has 0 aliphatic carbocycles. The van der Waals surface area contributed by atoms with E-state index in [0.29, 0.717) is 11.6 Å². The molecule has 2 aromatic carbocycles. The monoisotopic (exact) mass is 409 g/mol. The Labute approximate surface area is 167 Å². The quantitative estimate of drug-likeness (QED) is 0.647. The van der Waals surface area contributed by atoms with Crippen molar-refractivity contribution in [1.82, 2.24) is 4.57 Å².